The minimum atomic E-state index is -0.559. The summed E-state index contributed by atoms with van der Waals surface area (Å²) < 4.78 is 12.5. The van der Waals surface area contributed by atoms with E-state index in [1.54, 1.807) is 37.3 Å². The van der Waals surface area contributed by atoms with Crippen LogP contribution in [0.25, 0.3) is 6.08 Å². The van der Waals surface area contributed by atoms with E-state index < -0.39 is 16.7 Å². The average Bonchev–Trinajstić information content (AvgIpc) is 3.14. The Kier molecular flexibility index (Phi) is 7.12. The van der Waals surface area contributed by atoms with Crippen LogP contribution in [0.4, 0.5) is 11.4 Å². The first-order valence-electron chi connectivity index (χ1n) is 10.2. The maximum Gasteiger partial charge on any atom is 0.287 e. The number of hydrazine groups is 1. The van der Waals surface area contributed by atoms with Gasteiger partial charge in [0.2, 0.25) is 5.88 Å². The molecule has 0 unspecified atom stereocenters. The van der Waals surface area contributed by atoms with Crippen molar-refractivity contribution in [1.29, 1.82) is 0 Å². The molecular formula is C23H16Br2N4O6. The van der Waals surface area contributed by atoms with Crippen LogP contribution in [0.1, 0.15) is 12.5 Å². The Balaban J connectivity index is 1.70. The van der Waals surface area contributed by atoms with Gasteiger partial charge in [-0.1, -0.05) is 18.2 Å². The molecule has 0 saturated carbocycles. The number of rotatable bonds is 7. The van der Waals surface area contributed by atoms with Gasteiger partial charge in [-0.05, 0) is 68.6 Å². The first kappa shape index (κ1) is 24.4. The summed E-state index contributed by atoms with van der Waals surface area (Å²) in [4.78, 5) is 39.8. The molecule has 0 aliphatic carbocycles. The number of benzene rings is 2. The largest absolute Gasteiger partial charge is 0.490 e. The summed E-state index contributed by atoms with van der Waals surface area (Å²) in [6.45, 7) is 2.09. The lowest BCUT2D eigenvalue weighted by atomic mass is 10.1. The summed E-state index contributed by atoms with van der Waals surface area (Å²) in [5, 5.41) is 12.0. The number of aromatic nitrogens is 1. The summed E-state index contributed by atoms with van der Waals surface area (Å²) in [6.07, 6.45) is 2.53. The number of hydrogen-bond acceptors (Lipinski definition) is 7. The number of carbonyl (C=O) groups is 2. The SMILES string of the molecule is CCOc1cc(/C=C2/C(=O)NN(c3ccccc3)C2=O)c(Br)c(Br)c1Oc1ccc([N+](=O)[O-])cn1. The Hall–Kier alpha value is -3.77. The predicted molar refractivity (Wildman–Crippen MR) is 134 cm³/mol. The number of nitro groups is 1. The number of amides is 2. The fraction of sp³-hybridized carbons (Fsp3) is 0.0870. The van der Waals surface area contributed by atoms with Crippen molar-refractivity contribution in [2.24, 2.45) is 0 Å². The molecule has 2 amide bonds. The van der Waals surface area contributed by atoms with Gasteiger partial charge in [-0.2, -0.15) is 0 Å². The lowest BCUT2D eigenvalue weighted by molar-refractivity contribution is -0.385. The lowest BCUT2D eigenvalue weighted by Gasteiger charge is -2.16. The Labute approximate surface area is 215 Å². The van der Waals surface area contributed by atoms with Crippen LogP contribution in [-0.4, -0.2) is 28.3 Å². The van der Waals surface area contributed by atoms with Gasteiger partial charge in [-0.15, -0.1) is 0 Å². The fourth-order valence-electron chi connectivity index (χ4n) is 3.18. The molecule has 0 radical (unpaired) electrons. The molecule has 35 heavy (non-hydrogen) atoms. The van der Waals surface area contributed by atoms with Crippen molar-refractivity contribution in [1.82, 2.24) is 10.4 Å². The quantitative estimate of drug-likeness (QED) is 0.171. The highest BCUT2D eigenvalue weighted by Crippen LogP contribution is 2.45. The van der Waals surface area contributed by atoms with E-state index in [0.29, 0.717) is 32.6 Å². The third-order valence-corrected chi connectivity index (χ3v) is 6.94. The van der Waals surface area contributed by atoms with Crippen molar-refractivity contribution in [2.45, 2.75) is 6.92 Å². The molecule has 3 aromatic rings. The first-order valence-corrected chi connectivity index (χ1v) is 11.7. The Morgan fingerprint density at radius 1 is 1.14 bits per heavy atom. The zero-order valence-electron chi connectivity index (χ0n) is 18.0. The summed E-state index contributed by atoms with van der Waals surface area (Å²) in [6, 6.07) is 13.0. The van der Waals surface area contributed by atoms with Crippen molar-refractivity contribution >= 4 is 61.1 Å². The lowest BCUT2D eigenvalue weighted by Crippen LogP contribution is -2.35. The number of ether oxygens (including phenoxy) is 2. The van der Waals surface area contributed by atoms with E-state index in [-0.39, 0.29) is 22.9 Å². The van der Waals surface area contributed by atoms with Crippen LogP contribution in [-0.2, 0) is 9.59 Å². The van der Waals surface area contributed by atoms with Crippen molar-refractivity contribution in [2.75, 3.05) is 11.6 Å². The molecule has 2 aromatic carbocycles. The zero-order valence-corrected chi connectivity index (χ0v) is 21.2. The van der Waals surface area contributed by atoms with E-state index >= 15 is 0 Å². The maximum absolute atomic E-state index is 12.9. The Morgan fingerprint density at radius 2 is 1.89 bits per heavy atom. The van der Waals surface area contributed by atoms with Crippen LogP contribution in [0.3, 0.4) is 0 Å². The second-order valence-corrected chi connectivity index (χ2v) is 8.63. The van der Waals surface area contributed by atoms with Gasteiger partial charge < -0.3 is 9.47 Å². The third-order valence-electron chi connectivity index (χ3n) is 4.80. The van der Waals surface area contributed by atoms with Gasteiger partial charge in [0.1, 0.15) is 11.8 Å². The molecule has 12 heteroatoms. The van der Waals surface area contributed by atoms with Crippen LogP contribution >= 0.6 is 31.9 Å². The summed E-state index contributed by atoms with van der Waals surface area (Å²) in [5.74, 6) is -0.373. The summed E-state index contributed by atoms with van der Waals surface area (Å²) >= 11 is 6.94. The fourth-order valence-corrected chi connectivity index (χ4v) is 4.10. The number of nitrogens with one attached hydrogen (secondary N) is 1. The van der Waals surface area contributed by atoms with Crippen LogP contribution in [0.5, 0.6) is 17.4 Å². The zero-order chi connectivity index (χ0) is 25.1. The van der Waals surface area contributed by atoms with Gasteiger partial charge >= 0.3 is 0 Å². The predicted octanol–water partition coefficient (Wildman–Crippen LogP) is 5.17. The maximum atomic E-state index is 12.9. The van der Waals surface area contributed by atoms with E-state index in [1.165, 1.54) is 23.2 Å². The van der Waals surface area contributed by atoms with Crippen LogP contribution < -0.4 is 19.9 Å². The highest BCUT2D eigenvalue weighted by atomic mass is 79.9. The van der Waals surface area contributed by atoms with Crippen molar-refractivity contribution in [3.63, 3.8) is 0 Å². The normalized spacial score (nSPS) is 14.3. The van der Waals surface area contributed by atoms with Gasteiger partial charge in [0.15, 0.2) is 11.5 Å². The molecular weight excluding hydrogens is 588 g/mol. The number of halogens is 2. The molecule has 178 valence electrons. The van der Waals surface area contributed by atoms with Gasteiger partial charge in [0.25, 0.3) is 17.5 Å². The van der Waals surface area contributed by atoms with E-state index in [2.05, 4.69) is 42.3 Å². The molecule has 1 fully saturated rings. The van der Waals surface area contributed by atoms with Gasteiger partial charge in [-0.3, -0.25) is 25.1 Å². The second kappa shape index (κ2) is 10.2. The molecule has 4 rings (SSSR count). The minimum Gasteiger partial charge on any atom is -0.490 e. The third kappa shape index (κ3) is 5.03. The molecule has 0 spiro atoms. The molecule has 2 heterocycles. The second-order valence-electron chi connectivity index (χ2n) is 7.04. The number of hydrogen-bond donors (Lipinski definition) is 1. The van der Waals surface area contributed by atoms with Gasteiger partial charge in [0.05, 0.1) is 21.7 Å². The highest BCUT2D eigenvalue weighted by molar-refractivity contribution is 9.13. The molecule has 10 nitrogen and oxygen atoms in total. The van der Waals surface area contributed by atoms with E-state index in [9.17, 15) is 19.7 Å². The van der Waals surface area contributed by atoms with Crippen LogP contribution in [0.2, 0.25) is 0 Å². The Bertz CT molecular complexity index is 1350. The molecule has 1 N–H and O–H groups in total. The van der Waals surface area contributed by atoms with Crippen molar-refractivity contribution < 1.29 is 24.0 Å². The highest BCUT2D eigenvalue weighted by Gasteiger charge is 2.34. The Morgan fingerprint density at radius 3 is 2.51 bits per heavy atom. The number of anilines is 1. The van der Waals surface area contributed by atoms with Crippen LogP contribution in [0, 0.1) is 10.1 Å². The van der Waals surface area contributed by atoms with Crippen LogP contribution in [0.15, 0.2) is 69.2 Å². The molecule has 1 saturated heterocycles. The first-order chi connectivity index (χ1) is 16.8. The van der Waals surface area contributed by atoms with Crippen molar-refractivity contribution in [3.8, 4) is 17.4 Å². The van der Waals surface area contributed by atoms with E-state index in [0.717, 1.165) is 6.20 Å². The van der Waals surface area contributed by atoms with E-state index in [1.807, 2.05) is 6.07 Å². The summed E-state index contributed by atoms with van der Waals surface area (Å²) in [7, 11) is 0. The van der Waals surface area contributed by atoms with E-state index in [4.69, 9.17) is 9.47 Å². The number of para-hydroxylation sites is 1. The molecule has 1 aliphatic rings. The smallest absolute Gasteiger partial charge is 0.287 e. The van der Waals surface area contributed by atoms with Crippen molar-refractivity contribution in [3.05, 3.63) is 84.9 Å². The standard InChI is InChI=1S/C23H16Br2N4O6/c1-2-34-17-11-13(10-16-22(30)27-28(23(16)31)14-6-4-3-5-7-14)19(24)20(25)21(17)35-18-9-8-15(12-26-18)29(32)33/h3-12H,2H2,1H3,(H,27,30)/b16-10-. The summed E-state index contributed by atoms with van der Waals surface area (Å²) in [5.41, 5.74) is 3.34. The molecule has 1 aliphatic heterocycles. The number of pyridine rings is 1. The monoisotopic (exact) mass is 602 g/mol. The molecule has 1 aromatic heterocycles. The van der Waals surface area contributed by atoms with Gasteiger partial charge in [-0.25, -0.2) is 9.99 Å². The number of nitrogens with zero attached hydrogens (tertiary/aromatic N) is 3. The molecule has 0 bridgehead atoms. The molecule has 0 atom stereocenters. The number of carbonyl (C=O) groups excluding carboxylic acids is 2. The topological polar surface area (TPSA) is 124 Å². The minimum absolute atomic E-state index is 0.0606. The average molecular weight is 604 g/mol. The van der Waals surface area contributed by atoms with Gasteiger partial charge in [0, 0.05) is 16.6 Å².